The molecule has 1 aromatic carbocycles. The number of rotatable bonds is 4. The van der Waals surface area contributed by atoms with Crippen molar-refractivity contribution in [3.8, 4) is 0 Å². The molecule has 2 rings (SSSR count). The Bertz CT molecular complexity index is 520. The summed E-state index contributed by atoms with van der Waals surface area (Å²) in [7, 11) is 0. The van der Waals surface area contributed by atoms with Crippen LogP contribution in [0.4, 0.5) is 0 Å². The maximum atomic E-state index is 6.29. The van der Waals surface area contributed by atoms with Gasteiger partial charge in [-0.1, -0.05) is 42.8 Å². The van der Waals surface area contributed by atoms with E-state index in [1.54, 1.807) is 0 Å². The zero-order valence-corrected chi connectivity index (χ0v) is 11.1. The molecular formula is C16H20N2. The van der Waals surface area contributed by atoms with E-state index in [2.05, 4.69) is 49.2 Å². The van der Waals surface area contributed by atoms with E-state index < -0.39 is 0 Å². The first-order valence-corrected chi connectivity index (χ1v) is 6.45. The molecule has 2 N–H and O–H groups in total. The first kappa shape index (κ1) is 12.8. The number of hydrogen-bond acceptors (Lipinski definition) is 2. The van der Waals surface area contributed by atoms with Crippen LogP contribution in [0.2, 0.25) is 0 Å². The van der Waals surface area contributed by atoms with Crippen LogP contribution < -0.4 is 5.73 Å². The Morgan fingerprint density at radius 3 is 2.78 bits per heavy atom. The number of pyridine rings is 1. The van der Waals surface area contributed by atoms with Gasteiger partial charge in [0.1, 0.15) is 0 Å². The summed E-state index contributed by atoms with van der Waals surface area (Å²) in [5.74, 6) is 0. The third-order valence-electron chi connectivity index (χ3n) is 3.20. The second-order valence-corrected chi connectivity index (χ2v) is 4.70. The highest BCUT2D eigenvalue weighted by molar-refractivity contribution is 5.27. The van der Waals surface area contributed by atoms with E-state index >= 15 is 0 Å². The fraction of sp³-hybridized carbons (Fsp3) is 0.312. The third kappa shape index (κ3) is 2.96. The largest absolute Gasteiger partial charge is 0.322 e. The van der Waals surface area contributed by atoms with Crippen molar-refractivity contribution in [3.63, 3.8) is 0 Å². The Balaban J connectivity index is 2.19. The molecule has 1 aromatic heterocycles. The molecule has 0 saturated heterocycles. The second-order valence-electron chi connectivity index (χ2n) is 4.70. The van der Waals surface area contributed by atoms with Crippen molar-refractivity contribution in [2.45, 2.75) is 32.7 Å². The molecule has 1 atom stereocenters. The number of hydrogen-bond donors (Lipinski definition) is 1. The molecule has 1 heterocycles. The van der Waals surface area contributed by atoms with Crippen LogP contribution >= 0.6 is 0 Å². The summed E-state index contributed by atoms with van der Waals surface area (Å²) in [5.41, 5.74) is 11.1. The SMILES string of the molecule is CCc1cccnc1C(N)Cc1cccc(C)c1. The topological polar surface area (TPSA) is 38.9 Å². The predicted molar refractivity (Wildman–Crippen MR) is 75.4 cm³/mol. The van der Waals surface area contributed by atoms with Gasteiger partial charge < -0.3 is 5.73 Å². The molecule has 0 bridgehead atoms. The van der Waals surface area contributed by atoms with Crippen LogP contribution in [0.3, 0.4) is 0 Å². The summed E-state index contributed by atoms with van der Waals surface area (Å²) < 4.78 is 0. The van der Waals surface area contributed by atoms with Crippen LogP contribution in [0.25, 0.3) is 0 Å². The van der Waals surface area contributed by atoms with Gasteiger partial charge in [0.15, 0.2) is 0 Å². The Morgan fingerprint density at radius 1 is 1.22 bits per heavy atom. The van der Waals surface area contributed by atoms with Gasteiger partial charge in [-0.25, -0.2) is 0 Å². The maximum Gasteiger partial charge on any atom is 0.0606 e. The van der Waals surface area contributed by atoms with Crippen LogP contribution in [0.5, 0.6) is 0 Å². The molecule has 0 saturated carbocycles. The van der Waals surface area contributed by atoms with E-state index in [4.69, 9.17) is 5.73 Å². The molecule has 1 unspecified atom stereocenters. The van der Waals surface area contributed by atoms with Crippen LogP contribution in [0.1, 0.15) is 35.3 Å². The van der Waals surface area contributed by atoms with Crippen molar-refractivity contribution in [1.29, 1.82) is 0 Å². The lowest BCUT2D eigenvalue weighted by Gasteiger charge is -2.14. The average Bonchev–Trinajstić information content (AvgIpc) is 2.38. The smallest absolute Gasteiger partial charge is 0.0606 e. The monoisotopic (exact) mass is 240 g/mol. The summed E-state index contributed by atoms with van der Waals surface area (Å²) >= 11 is 0. The van der Waals surface area contributed by atoms with E-state index in [-0.39, 0.29) is 6.04 Å². The molecule has 0 aliphatic heterocycles. The standard InChI is InChI=1S/C16H20N2/c1-3-14-8-5-9-18-16(14)15(17)11-13-7-4-6-12(2)10-13/h4-10,15H,3,11,17H2,1-2H3. The Morgan fingerprint density at radius 2 is 2.06 bits per heavy atom. The molecule has 0 fully saturated rings. The minimum Gasteiger partial charge on any atom is -0.322 e. The van der Waals surface area contributed by atoms with Crippen molar-refractivity contribution in [3.05, 3.63) is 65.0 Å². The van der Waals surface area contributed by atoms with Gasteiger partial charge in [-0.2, -0.15) is 0 Å². The Hall–Kier alpha value is -1.67. The second kappa shape index (κ2) is 5.78. The number of benzene rings is 1. The summed E-state index contributed by atoms with van der Waals surface area (Å²) in [6, 6.07) is 12.6. The van der Waals surface area contributed by atoms with Crippen LogP contribution in [-0.4, -0.2) is 4.98 Å². The molecule has 0 aliphatic carbocycles. The molecular weight excluding hydrogens is 220 g/mol. The van der Waals surface area contributed by atoms with Gasteiger partial charge in [-0.15, -0.1) is 0 Å². The van der Waals surface area contributed by atoms with E-state index in [0.717, 1.165) is 18.5 Å². The minimum atomic E-state index is -0.0250. The van der Waals surface area contributed by atoms with Gasteiger partial charge in [0.2, 0.25) is 0 Å². The molecule has 18 heavy (non-hydrogen) atoms. The first-order chi connectivity index (χ1) is 8.70. The van der Waals surface area contributed by atoms with Crippen molar-refractivity contribution in [2.75, 3.05) is 0 Å². The van der Waals surface area contributed by atoms with E-state index in [1.807, 2.05) is 12.3 Å². The van der Waals surface area contributed by atoms with Gasteiger partial charge >= 0.3 is 0 Å². The van der Waals surface area contributed by atoms with Gasteiger partial charge in [-0.3, -0.25) is 4.98 Å². The van der Waals surface area contributed by atoms with E-state index in [0.29, 0.717) is 0 Å². The lowest BCUT2D eigenvalue weighted by molar-refractivity contribution is 0.685. The van der Waals surface area contributed by atoms with Crippen LogP contribution in [0.15, 0.2) is 42.6 Å². The highest BCUT2D eigenvalue weighted by atomic mass is 14.8. The maximum absolute atomic E-state index is 6.29. The summed E-state index contributed by atoms with van der Waals surface area (Å²) in [6.45, 7) is 4.24. The fourth-order valence-electron chi connectivity index (χ4n) is 2.27. The van der Waals surface area contributed by atoms with E-state index in [1.165, 1.54) is 16.7 Å². The summed E-state index contributed by atoms with van der Waals surface area (Å²) in [5, 5.41) is 0. The molecule has 2 aromatic rings. The van der Waals surface area contributed by atoms with Gasteiger partial charge in [0.25, 0.3) is 0 Å². The van der Waals surface area contributed by atoms with Gasteiger partial charge in [-0.05, 0) is 37.0 Å². The molecule has 0 aliphatic rings. The Labute approximate surface area is 109 Å². The first-order valence-electron chi connectivity index (χ1n) is 6.45. The van der Waals surface area contributed by atoms with Gasteiger partial charge in [0, 0.05) is 6.20 Å². The van der Waals surface area contributed by atoms with Crippen molar-refractivity contribution < 1.29 is 0 Å². The highest BCUT2D eigenvalue weighted by Crippen LogP contribution is 2.18. The molecule has 2 nitrogen and oxygen atoms in total. The van der Waals surface area contributed by atoms with Crippen molar-refractivity contribution in [1.82, 2.24) is 4.98 Å². The highest BCUT2D eigenvalue weighted by Gasteiger charge is 2.12. The van der Waals surface area contributed by atoms with Crippen molar-refractivity contribution >= 4 is 0 Å². The fourth-order valence-corrected chi connectivity index (χ4v) is 2.27. The minimum absolute atomic E-state index is 0.0250. The zero-order valence-electron chi connectivity index (χ0n) is 11.1. The van der Waals surface area contributed by atoms with Gasteiger partial charge in [0.05, 0.1) is 11.7 Å². The Kier molecular flexibility index (Phi) is 4.11. The third-order valence-corrected chi connectivity index (χ3v) is 3.20. The summed E-state index contributed by atoms with van der Waals surface area (Å²) in [4.78, 5) is 4.44. The normalized spacial score (nSPS) is 12.4. The molecule has 0 radical (unpaired) electrons. The average molecular weight is 240 g/mol. The quantitative estimate of drug-likeness (QED) is 0.891. The number of nitrogens with two attached hydrogens (primary N) is 1. The van der Waals surface area contributed by atoms with Crippen LogP contribution in [0, 0.1) is 6.92 Å². The zero-order chi connectivity index (χ0) is 13.0. The molecule has 0 amide bonds. The van der Waals surface area contributed by atoms with Crippen molar-refractivity contribution in [2.24, 2.45) is 5.73 Å². The lowest BCUT2D eigenvalue weighted by Crippen LogP contribution is -2.17. The van der Waals surface area contributed by atoms with Crippen LogP contribution in [-0.2, 0) is 12.8 Å². The summed E-state index contributed by atoms with van der Waals surface area (Å²) in [6.07, 6.45) is 3.64. The number of aromatic nitrogens is 1. The van der Waals surface area contributed by atoms with E-state index in [9.17, 15) is 0 Å². The lowest BCUT2D eigenvalue weighted by atomic mass is 9.98. The number of nitrogens with zero attached hydrogens (tertiary/aromatic N) is 1. The molecule has 2 heteroatoms. The number of aryl methyl sites for hydroxylation is 2. The molecule has 94 valence electrons. The predicted octanol–water partition coefficient (Wildman–Crippen LogP) is 3.19. The molecule has 0 spiro atoms.